The van der Waals surface area contributed by atoms with Gasteiger partial charge < -0.3 is 10.1 Å². The molecule has 114 valence electrons. The first-order chi connectivity index (χ1) is 10.5. The molecule has 6 heteroatoms. The van der Waals surface area contributed by atoms with Crippen molar-refractivity contribution in [1.29, 1.82) is 0 Å². The van der Waals surface area contributed by atoms with Crippen LogP contribution in [0.3, 0.4) is 0 Å². The van der Waals surface area contributed by atoms with E-state index in [0.717, 1.165) is 16.9 Å². The Balaban J connectivity index is 2.17. The van der Waals surface area contributed by atoms with Crippen molar-refractivity contribution in [1.82, 2.24) is 0 Å². The van der Waals surface area contributed by atoms with E-state index < -0.39 is 4.92 Å². The summed E-state index contributed by atoms with van der Waals surface area (Å²) < 4.78 is 4.64. The number of carbonyl (C=O) groups excluding carboxylic acids is 1. The summed E-state index contributed by atoms with van der Waals surface area (Å²) in [6.45, 7) is 1.69. The molecule has 0 unspecified atom stereocenters. The number of methoxy groups -OCH3 is 1. The van der Waals surface area contributed by atoms with E-state index in [1.54, 1.807) is 19.1 Å². The lowest BCUT2D eigenvalue weighted by molar-refractivity contribution is -0.385. The molecule has 22 heavy (non-hydrogen) atoms. The van der Waals surface area contributed by atoms with Crippen molar-refractivity contribution in [2.24, 2.45) is 0 Å². The molecule has 0 radical (unpaired) electrons. The molecule has 0 atom stereocenters. The van der Waals surface area contributed by atoms with Crippen LogP contribution in [0, 0.1) is 17.0 Å². The highest BCUT2D eigenvalue weighted by atomic mass is 16.6. The first-order valence-corrected chi connectivity index (χ1v) is 6.67. The van der Waals surface area contributed by atoms with Gasteiger partial charge in [-0.25, -0.2) is 0 Å². The number of ether oxygens (including phenoxy) is 1. The van der Waals surface area contributed by atoms with Crippen LogP contribution in [0.1, 0.15) is 11.1 Å². The predicted molar refractivity (Wildman–Crippen MR) is 83.3 cm³/mol. The number of carbonyl (C=O) groups is 1. The van der Waals surface area contributed by atoms with Gasteiger partial charge in [-0.15, -0.1) is 0 Å². The lowest BCUT2D eigenvalue weighted by Crippen LogP contribution is -2.04. The molecule has 0 aliphatic heterocycles. The lowest BCUT2D eigenvalue weighted by Gasteiger charge is -2.09. The van der Waals surface area contributed by atoms with Gasteiger partial charge in [-0.05, 0) is 36.8 Å². The van der Waals surface area contributed by atoms with Crippen molar-refractivity contribution >= 4 is 23.0 Å². The molecule has 0 aliphatic rings. The Labute approximate surface area is 127 Å². The number of esters is 1. The number of benzene rings is 2. The number of rotatable bonds is 5. The number of nitro benzene ring substituents is 1. The number of nitrogens with one attached hydrogen (secondary N) is 1. The van der Waals surface area contributed by atoms with Crippen LogP contribution in [0.2, 0.25) is 0 Å². The van der Waals surface area contributed by atoms with E-state index in [2.05, 4.69) is 10.1 Å². The van der Waals surface area contributed by atoms with Crippen molar-refractivity contribution in [3.63, 3.8) is 0 Å². The normalized spacial score (nSPS) is 10.1. The number of hydrogen-bond donors (Lipinski definition) is 1. The summed E-state index contributed by atoms with van der Waals surface area (Å²) in [4.78, 5) is 21.7. The van der Waals surface area contributed by atoms with Crippen molar-refractivity contribution in [3.8, 4) is 0 Å². The van der Waals surface area contributed by atoms with Gasteiger partial charge in [0.1, 0.15) is 0 Å². The summed E-state index contributed by atoms with van der Waals surface area (Å²) in [6, 6.07) is 12.2. The Morgan fingerprint density at radius 3 is 2.59 bits per heavy atom. The van der Waals surface area contributed by atoms with Crippen LogP contribution >= 0.6 is 0 Å². The van der Waals surface area contributed by atoms with Gasteiger partial charge in [-0.3, -0.25) is 14.9 Å². The van der Waals surface area contributed by atoms with Gasteiger partial charge in [0.05, 0.1) is 18.5 Å². The third-order valence-electron chi connectivity index (χ3n) is 3.19. The number of hydrogen-bond acceptors (Lipinski definition) is 5. The van der Waals surface area contributed by atoms with Crippen molar-refractivity contribution < 1.29 is 14.5 Å². The van der Waals surface area contributed by atoms with Crippen LogP contribution in [0.5, 0.6) is 0 Å². The number of nitrogens with zero attached hydrogens (tertiary/aromatic N) is 1. The minimum atomic E-state index is -0.407. The molecular formula is C16H16N2O4. The van der Waals surface area contributed by atoms with E-state index >= 15 is 0 Å². The highest BCUT2D eigenvalue weighted by Crippen LogP contribution is 2.24. The molecule has 2 rings (SSSR count). The minimum Gasteiger partial charge on any atom is -0.469 e. The number of anilines is 2. The number of nitro groups is 1. The zero-order chi connectivity index (χ0) is 16.1. The maximum absolute atomic E-state index is 11.3. The topological polar surface area (TPSA) is 81.5 Å². The zero-order valence-corrected chi connectivity index (χ0v) is 12.3. The molecule has 0 fully saturated rings. The Kier molecular flexibility index (Phi) is 4.73. The summed E-state index contributed by atoms with van der Waals surface area (Å²) in [5, 5.41) is 14.0. The van der Waals surface area contributed by atoms with Crippen LogP contribution < -0.4 is 5.32 Å². The van der Waals surface area contributed by atoms with Crippen molar-refractivity contribution in [3.05, 3.63) is 63.7 Å². The minimum absolute atomic E-state index is 0.0880. The third kappa shape index (κ3) is 3.82. The monoisotopic (exact) mass is 300 g/mol. The van der Waals surface area contributed by atoms with Gasteiger partial charge in [0, 0.05) is 23.0 Å². The largest absolute Gasteiger partial charge is 0.469 e. The van der Waals surface area contributed by atoms with Crippen molar-refractivity contribution in [2.45, 2.75) is 13.3 Å². The maximum Gasteiger partial charge on any atom is 0.309 e. The van der Waals surface area contributed by atoms with Gasteiger partial charge in [0.25, 0.3) is 5.69 Å². The summed E-state index contributed by atoms with van der Waals surface area (Å²) in [5.74, 6) is -0.302. The van der Waals surface area contributed by atoms with Crippen LogP contribution in [0.15, 0.2) is 42.5 Å². The first kappa shape index (κ1) is 15.5. The molecule has 0 amide bonds. The highest BCUT2D eigenvalue weighted by molar-refractivity contribution is 5.73. The highest BCUT2D eigenvalue weighted by Gasteiger charge is 2.10. The zero-order valence-electron chi connectivity index (χ0n) is 12.3. The molecule has 2 aromatic rings. The fraction of sp³-hybridized carbons (Fsp3) is 0.188. The summed E-state index contributed by atoms with van der Waals surface area (Å²) in [5.41, 5.74) is 3.05. The molecule has 0 spiro atoms. The molecule has 0 saturated carbocycles. The standard InChI is InChI=1S/C16H16N2O4/c1-11-8-14(6-7-15(11)18(20)21)17-13-5-3-4-12(9-13)10-16(19)22-2/h3-9,17H,10H2,1-2H3. The SMILES string of the molecule is COC(=O)Cc1cccc(Nc2ccc([N+](=O)[O-])c(C)c2)c1. The number of aryl methyl sites for hydroxylation is 1. The van der Waals surface area contributed by atoms with Gasteiger partial charge in [0.2, 0.25) is 0 Å². The third-order valence-corrected chi connectivity index (χ3v) is 3.19. The lowest BCUT2D eigenvalue weighted by atomic mass is 10.1. The molecule has 1 N–H and O–H groups in total. The van der Waals surface area contributed by atoms with Gasteiger partial charge >= 0.3 is 5.97 Å². The molecule has 0 heterocycles. The van der Waals surface area contributed by atoms with Crippen LogP contribution in [0.25, 0.3) is 0 Å². The molecule has 0 aliphatic carbocycles. The summed E-state index contributed by atoms with van der Waals surface area (Å²) >= 11 is 0. The second kappa shape index (κ2) is 6.71. The van der Waals surface area contributed by atoms with Gasteiger partial charge in [0.15, 0.2) is 0 Å². The van der Waals surface area contributed by atoms with Crippen LogP contribution in [-0.2, 0) is 16.0 Å². The molecule has 0 saturated heterocycles. The van der Waals surface area contributed by atoms with E-state index in [-0.39, 0.29) is 18.1 Å². The van der Waals surface area contributed by atoms with E-state index in [1.165, 1.54) is 13.2 Å². The van der Waals surface area contributed by atoms with E-state index in [9.17, 15) is 14.9 Å². The van der Waals surface area contributed by atoms with Crippen molar-refractivity contribution in [2.75, 3.05) is 12.4 Å². The average molecular weight is 300 g/mol. The van der Waals surface area contributed by atoms with E-state index in [1.807, 2.05) is 24.3 Å². The first-order valence-electron chi connectivity index (χ1n) is 6.67. The predicted octanol–water partition coefficient (Wildman–Crippen LogP) is 3.36. The summed E-state index contributed by atoms with van der Waals surface area (Å²) in [7, 11) is 1.35. The summed E-state index contributed by atoms with van der Waals surface area (Å²) in [6.07, 6.45) is 0.200. The van der Waals surface area contributed by atoms with Crippen LogP contribution in [0.4, 0.5) is 17.1 Å². The van der Waals surface area contributed by atoms with Gasteiger partial charge in [-0.2, -0.15) is 0 Å². The van der Waals surface area contributed by atoms with Crippen LogP contribution in [-0.4, -0.2) is 18.0 Å². The van der Waals surface area contributed by atoms with E-state index in [0.29, 0.717) is 5.56 Å². The Morgan fingerprint density at radius 2 is 1.95 bits per heavy atom. The Bertz CT molecular complexity index is 713. The second-order valence-electron chi connectivity index (χ2n) is 4.84. The molecular weight excluding hydrogens is 284 g/mol. The smallest absolute Gasteiger partial charge is 0.309 e. The molecule has 0 bridgehead atoms. The quantitative estimate of drug-likeness (QED) is 0.520. The Hall–Kier alpha value is -2.89. The molecule has 2 aromatic carbocycles. The van der Waals surface area contributed by atoms with Gasteiger partial charge in [-0.1, -0.05) is 12.1 Å². The molecule has 6 nitrogen and oxygen atoms in total. The fourth-order valence-electron chi connectivity index (χ4n) is 2.10. The second-order valence-corrected chi connectivity index (χ2v) is 4.84. The van der Waals surface area contributed by atoms with E-state index in [4.69, 9.17) is 0 Å². The fourth-order valence-corrected chi connectivity index (χ4v) is 2.10. The maximum atomic E-state index is 11.3. The molecule has 0 aromatic heterocycles. The Morgan fingerprint density at radius 1 is 1.23 bits per heavy atom. The average Bonchev–Trinajstić information content (AvgIpc) is 2.47.